The fourth-order valence-corrected chi connectivity index (χ4v) is 10.1. The Morgan fingerprint density at radius 3 is 2.22 bits per heavy atom. The van der Waals surface area contributed by atoms with Crippen molar-refractivity contribution in [3.05, 3.63) is 100 Å². The van der Waals surface area contributed by atoms with Crippen LogP contribution in [0.25, 0.3) is 55.7 Å². The number of hydrogen-bond donors (Lipinski definition) is 0. The Morgan fingerprint density at radius 2 is 1.56 bits per heavy atom. The normalized spacial score (nSPS) is 11.7. The number of benzene rings is 2. The molecule has 0 aliphatic rings. The quantitative estimate of drug-likeness (QED) is 0.127. The van der Waals surface area contributed by atoms with Crippen molar-refractivity contribution in [3.63, 3.8) is 0 Å². The Bertz CT molecular complexity index is 2360. The SMILES string of the molecule is Cc1c[c-]c(-c2cc(CC(C)C)[c]([Ge]([CH3])([CH3])[CH3])cn2)c(C)c1.Cc1cc2c(nc1C)oc1c(-c3nc4ccnc(C)c4n3C)[c-]cc(C)c12.[Ir]. The number of pyridine rings is 3. The van der Waals surface area contributed by atoms with Crippen molar-refractivity contribution >= 4 is 50.8 Å². The number of furan rings is 1. The van der Waals surface area contributed by atoms with Gasteiger partial charge in [0, 0.05) is 44.4 Å². The van der Waals surface area contributed by atoms with E-state index in [1.54, 1.807) is 10.6 Å². The Kier molecular flexibility index (Phi) is 10.9. The van der Waals surface area contributed by atoms with Crippen LogP contribution in [0.15, 0.2) is 53.2 Å². The van der Waals surface area contributed by atoms with Crippen LogP contribution in [-0.4, -0.2) is 37.8 Å². The van der Waals surface area contributed by atoms with E-state index in [1.165, 1.54) is 16.7 Å². The van der Waals surface area contributed by atoms with E-state index in [0.717, 1.165) is 79.0 Å². The molecule has 0 N–H and O–H groups in total. The molecule has 0 atom stereocenters. The average molecular weight is 903 g/mol. The van der Waals surface area contributed by atoms with Gasteiger partial charge >= 0.3 is 138 Å². The summed E-state index contributed by atoms with van der Waals surface area (Å²) in [7, 11) is 2.01. The van der Waals surface area contributed by atoms with Crippen LogP contribution in [-0.2, 0) is 33.6 Å². The van der Waals surface area contributed by atoms with Crippen LogP contribution in [0, 0.1) is 59.6 Å². The van der Waals surface area contributed by atoms with E-state index in [-0.39, 0.29) is 20.1 Å². The average Bonchev–Trinajstić information content (AvgIpc) is 3.55. The van der Waals surface area contributed by atoms with Gasteiger partial charge in [0.15, 0.2) is 0 Å². The molecule has 0 aliphatic heterocycles. The molecule has 0 unspecified atom stereocenters. The van der Waals surface area contributed by atoms with Gasteiger partial charge < -0.3 is 8.98 Å². The fourth-order valence-electron chi connectivity index (χ4n) is 6.78. The van der Waals surface area contributed by atoms with Crippen LogP contribution in [0.2, 0.25) is 17.3 Å². The standard InChI is InChI=1S/C22H19N4O.C20H28GeN.Ir/c1-11-6-7-15(21-25-17-8-9-23-14(4)19(17)26(21)5)20-18(11)16-10-12(2)13(3)24-22(16)27-20;1-14(2)10-17-12-20(22-13-19(17)21(5,6)7)18-9-8-15(3)11-16(18)4;/h6,8-10H,1-5H3;8,11-14H,10H2,1-7H3;/q2*-1;. The molecule has 6 nitrogen and oxygen atoms in total. The first-order valence-corrected chi connectivity index (χ1v) is 24.5. The van der Waals surface area contributed by atoms with Gasteiger partial charge in [-0.25, -0.2) is 4.98 Å². The van der Waals surface area contributed by atoms with Crippen molar-refractivity contribution in [2.75, 3.05) is 0 Å². The number of nitrogens with zero attached hydrogens (tertiary/aromatic N) is 5. The third-order valence-corrected chi connectivity index (χ3v) is 13.7. The second kappa shape index (κ2) is 14.5. The van der Waals surface area contributed by atoms with Gasteiger partial charge in [-0.05, 0) is 38.5 Å². The van der Waals surface area contributed by atoms with Gasteiger partial charge in [-0.2, -0.15) is 0 Å². The van der Waals surface area contributed by atoms with Crippen molar-refractivity contribution in [3.8, 4) is 22.6 Å². The number of hydrogen-bond acceptors (Lipinski definition) is 5. The summed E-state index contributed by atoms with van der Waals surface area (Å²) in [6, 6.07) is 19.5. The van der Waals surface area contributed by atoms with Gasteiger partial charge in [0.25, 0.3) is 0 Å². The van der Waals surface area contributed by atoms with Crippen molar-refractivity contribution in [2.24, 2.45) is 13.0 Å². The molecule has 0 saturated carbocycles. The summed E-state index contributed by atoms with van der Waals surface area (Å²) in [5.74, 6) is 8.83. The summed E-state index contributed by atoms with van der Waals surface area (Å²) in [6.07, 6.45) is 5.08. The van der Waals surface area contributed by atoms with Crippen LogP contribution < -0.4 is 4.40 Å². The predicted octanol–water partition coefficient (Wildman–Crippen LogP) is 9.87. The third-order valence-electron chi connectivity index (χ3n) is 9.33. The maximum atomic E-state index is 6.22. The molecule has 5 aromatic heterocycles. The molecule has 0 fully saturated rings. The molecule has 0 aliphatic carbocycles. The number of aromatic nitrogens is 5. The van der Waals surface area contributed by atoms with Crippen molar-refractivity contribution < 1.29 is 24.5 Å². The van der Waals surface area contributed by atoms with E-state index in [0.29, 0.717) is 11.6 Å². The first kappa shape index (κ1) is 37.6. The third kappa shape index (κ3) is 7.23. The first-order chi connectivity index (χ1) is 23.1. The van der Waals surface area contributed by atoms with Gasteiger partial charge in [-0.15, -0.1) is 17.7 Å². The van der Waals surface area contributed by atoms with Gasteiger partial charge in [-0.1, -0.05) is 17.9 Å². The van der Waals surface area contributed by atoms with Crippen LogP contribution in [0.5, 0.6) is 0 Å². The molecule has 1 radical (unpaired) electrons. The van der Waals surface area contributed by atoms with Gasteiger partial charge in [0.2, 0.25) is 5.71 Å². The minimum Gasteiger partial charge on any atom is -0.486 e. The zero-order chi connectivity index (χ0) is 35.4. The molecule has 261 valence electrons. The second-order valence-corrected chi connectivity index (χ2v) is 25.5. The van der Waals surface area contributed by atoms with Crippen molar-refractivity contribution in [1.82, 2.24) is 24.5 Å². The molecular formula is C42H47GeIrN5O-2. The molecule has 8 heteroatoms. The molecule has 7 aromatic rings. The van der Waals surface area contributed by atoms with Crippen LogP contribution in [0.4, 0.5) is 0 Å². The minimum atomic E-state index is -1.89. The maximum Gasteiger partial charge on any atom is 0.216 e. The smallest absolute Gasteiger partial charge is 0.216 e. The molecule has 5 heterocycles. The predicted molar refractivity (Wildman–Crippen MR) is 206 cm³/mol. The zero-order valence-electron chi connectivity index (χ0n) is 31.4. The van der Waals surface area contributed by atoms with Crippen molar-refractivity contribution in [2.45, 2.75) is 79.1 Å². The second-order valence-electron chi connectivity index (χ2n) is 15.0. The van der Waals surface area contributed by atoms with E-state index in [1.807, 2.05) is 33.0 Å². The van der Waals surface area contributed by atoms with Gasteiger partial charge in [-0.3, -0.25) is 9.97 Å². The molecular weight excluding hydrogens is 855 g/mol. The van der Waals surface area contributed by atoms with E-state index < -0.39 is 13.3 Å². The Morgan fingerprint density at radius 1 is 0.840 bits per heavy atom. The number of fused-ring (bicyclic) bond motifs is 4. The summed E-state index contributed by atoms with van der Waals surface area (Å²) in [5.41, 5.74) is 14.7. The molecule has 0 saturated heterocycles. The summed E-state index contributed by atoms with van der Waals surface area (Å²) in [6.45, 7) is 17.0. The fraction of sp³-hybridized carbons (Fsp3) is 0.333. The Balaban J connectivity index is 0.000000195. The molecule has 0 spiro atoms. The van der Waals surface area contributed by atoms with E-state index in [2.05, 4.69) is 116 Å². The van der Waals surface area contributed by atoms with Gasteiger partial charge in [0.1, 0.15) is 0 Å². The van der Waals surface area contributed by atoms with Gasteiger partial charge in [0.05, 0.1) is 28.1 Å². The summed E-state index contributed by atoms with van der Waals surface area (Å²) in [5, 5.41) is 2.12. The Labute approximate surface area is 312 Å². The summed E-state index contributed by atoms with van der Waals surface area (Å²) >= 11 is -1.89. The molecule has 0 bridgehead atoms. The molecule has 2 aromatic carbocycles. The van der Waals surface area contributed by atoms with E-state index in [9.17, 15) is 0 Å². The van der Waals surface area contributed by atoms with Crippen molar-refractivity contribution in [1.29, 1.82) is 0 Å². The number of rotatable bonds is 5. The summed E-state index contributed by atoms with van der Waals surface area (Å²) in [4.78, 5) is 18.7. The largest absolute Gasteiger partial charge is 0.486 e. The van der Waals surface area contributed by atoms with Crippen LogP contribution in [0.3, 0.4) is 0 Å². The van der Waals surface area contributed by atoms with E-state index >= 15 is 0 Å². The molecule has 0 amide bonds. The minimum absolute atomic E-state index is 0. The summed E-state index contributed by atoms with van der Waals surface area (Å²) < 4.78 is 9.83. The monoisotopic (exact) mass is 904 g/mol. The topological polar surface area (TPSA) is 69.6 Å². The van der Waals surface area contributed by atoms with Crippen LogP contribution >= 0.6 is 0 Å². The maximum absolute atomic E-state index is 6.22. The Hall–Kier alpha value is -3.65. The van der Waals surface area contributed by atoms with Crippen LogP contribution in [0.1, 0.15) is 53.1 Å². The number of imidazole rings is 1. The number of aryl methyl sites for hydroxylation is 7. The molecule has 50 heavy (non-hydrogen) atoms. The van der Waals surface area contributed by atoms with E-state index in [4.69, 9.17) is 14.4 Å². The first-order valence-electron chi connectivity index (χ1n) is 17.1. The molecule has 7 rings (SSSR count). The zero-order valence-corrected chi connectivity index (χ0v) is 35.9.